The predicted octanol–water partition coefficient (Wildman–Crippen LogP) is 4.37. The Labute approximate surface area is 118 Å². The van der Waals surface area contributed by atoms with E-state index in [0.29, 0.717) is 33.7 Å². The second kappa shape index (κ2) is 4.25. The molecule has 0 saturated carbocycles. The second-order valence-electron chi connectivity index (χ2n) is 4.24. The van der Waals surface area contributed by atoms with Crippen LogP contribution in [0.1, 0.15) is 0 Å². The zero-order valence-corrected chi connectivity index (χ0v) is 10.9. The van der Waals surface area contributed by atoms with Crippen molar-refractivity contribution < 1.29 is 8.83 Å². The van der Waals surface area contributed by atoms with Crippen molar-refractivity contribution in [2.75, 3.05) is 5.32 Å². The summed E-state index contributed by atoms with van der Waals surface area (Å²) in [4.78, 5) is 8.57. The lowest BCUT2D eigenvalue weighted by Gasteiger charge is -1.91. The highest BCUT2D eigenvalue weighted by atomic mass is 35.5. The molecule has 20 heavy (non-hydrogen) atoms. The van der Waals surface area contributed by atoms with Crippen molar-refractivity contribution in [3.05, 3.63) is 47.5 Å². The standard InChI is InChI=1S/C14H8ClN3O2/c15-8-5-6-12-10(7-8)17-14(20-12)18-13-16-9-3-1-2-4-11(9)19-13/h1-7H,(H,16,17,18). The summed E-state index contributed by atoms with van der Waals surface area (Å²) < 4.78 is 11.1. The lowest BCUT2D eigenvalue weighted by Crippen LogP contribution is -1.89. The van der Waals surface area contributed by atoms with Crippen molar-refractivity contribution in [2.24, 2.45) is 0 Å². The Kier molecular flexibility index (Phi) is 2.40. The Bertz CT molecular complexity index is 880. The molecule has 0 radical (unpaired) electrons. The van der Waals surface area contributed by atoms with Crippen molar-refractivity contribution in [2.45, 2.75) is 0 Å². The van der Waals surface area contributed by atoms with Crippen LogP contribution in [0.3, 0.4) is 0 Å². The number of hydrogen-bond acceptors (Lipinski definition) is 5. The molecule has 5 nitrogen and oxygen atoms in total. The Balaban J connectivity index is 1.72. The topological polar surface area (TPSA) is 64.1 Å². The molecule has 2 aromatic carbocycles. The fourth-order valence-corrected chi connectivity index (χ4v) is 2.14. The highest BCUT2D eigenvalue weighted by molar-refractivity contribution is 6.31. The molecule has 6 heteroatoms. The van der Waals surface area contributed by atoms with Crippen LogP contribution in [0.2, 0.25) is 5.02 Å². The summed E-state index contributed by atoms with van der Waals surface area (Å²) >= 11 is 5.91. The number of benzene rings is 2. The molecular formula is C14H8ClN3O2. The van der Waals surface area contributed by atoms with Gasteiger partial charge in [0.05, 0.1) is 0 Å². The van der Waals surface area contributed by atoms with Gasteiger partial charge in [0.25, 0.3) is 0 Å². The van der Waals surface area contributed by atoms with Crippen molar-refractivity contribution in [1.82, 2.24) is 9.97 Å². The first-order valence-corrected chi connectivity index (χ1v) is 6.34. The molecule has 4 rings (SSSR count). The van der Waals surface area contributed by atoms with E-state index in [1.165, 1.54) is 0 Å². The first-order valence-electron chi connectivity index (χ1n) is 5.97. The largest absolute Gasteiger partial charge is 0.423 e. The van der Waals surface area contributed by atoms with E-state index >= 15 is 0 Å². The van der Waals surface area contributed by atoms with Gasteiger partial charge >= 0.3 is 12.0 Å². The fraction of sp³-hybridized carbons (Fsp3) is 0. The summed E-state index contributed by atoms with van der Waals surface area (Å²) in [6.45, 7) is 0. The molecule has 0 aliphatic carbocycles. The Hall–Kier alpha value is -2.53. The highest BCUT2D eigenvalue weighted by Gasteiger charge is 2.10. The summed E-state index contributed by atoms with van der Waals surface area (Å²) in [6, 6.07) is 13.4. The normalized spacial score (nSPS) is 11.2. The van der Waals surface area contributed by atoms with E-state index in [1.807, 2.05) is 24.3 Å². The minimum absolute atomic E-state index is 0.314. The fourth-order valence-electron chi connectivity index (χ4n) is 1.97. The molecule has 0 fully saturated rings. The number of halogens is 1. The lowest BCUT2D eigenvalue weighted by atomic mass is 10.3. The number of oxazole rings is 2. The molecule has 2 aromatic heterocycles. The average Bonchev–Trinajstić information content (AvgIpc) is 3.00. The van der Waals surface area contributed by atoms with Crippen LogP contribution >= 0.6 is 11.6 Å². The molecule has 1 N–H and O–H groups in total. The van der Waals surface area contributed by atoms with E-state index in [1.54, 1.807) is 18.2 Å². The van der Waals surface area contributed by atoms with Gasteiger partial charge in [-0.1, -0.05) is 23.7 Å². The van der Waals surface area contributed by atoms with Gasteiger partial charge in [-0.25, -0.2) is 0 Å². The third kappa shape index (κ3) is 1.88. The molecule has 98 valence electrons. The molecule has 4 aromatic rings. The summed E-state index contributed by atoms with van der Waals surface area (Å²) in [5.74, 6) is 0. The van der Waals surface area contributed by atoms with Crippen LogP contribution in [0.15, 0.2) is 51.3 Å². The number of nitrogens with one attached hydrogen (secondary N) is 1. The number of aromatic nitrogens is 2. The van der Waals surface area contributed by atoms with Crippen LogP contribution in [-0.4, -0.2) is 9.97 Å². The van der Waals surface area contributed by atoms with Crippen LogP contribution < -0.4 is 5.32 Å². The van der Waals surface area contributed by atoms with Gasteiger partial charge in [-0.15, -0.1) is 0 Å². The Morgan fingerprint density at radius 3 is 2.35 bits per heavy atom. The van der Waals surface area contributed by atoms with Gasteiger partial charge in [-0.2, -0.15) is 9.97 Å². The minimum atomic E-state index is 0.314. The van der Waals surface area contributed by atoms with Gasteiger partial charge in [0.2, 0.25) is 0 Å². The van der Waals surface area contributed by atoms with Gasteiger partial charge in [-0.05, 0) is 30.3 Å². The molecule has 0 aliphatic rings. The third-order valence-electron chi connectivity index (χ3n) is 2.86. The van der Waals surface area contributed by atoms with Gasteiger partial charge in [-0.3, -0.25) is 5.32 Å². The van der Waals surface area contributed by atoms with E-state index in [-0.39, 0.29) is 0 Å². The number of hydrogen-bond donors (Lipinski definition) is 1. The summed E-state index contributed by atoms with van der Waals surface area (Å²) in [6.07, 6.45) is 0. The van der Waals surface area contributed by atoms with Crippen LogP contribution in [0.25, 0.3) is 22.2 Å². The van der Waals surface area contributed by atoms with E-state index in [0.717, 1.165) is 5.52 Å². The first kappa shape index (κ1) is 11.3. The van der Waals surface area contributed by atoms with Gasteiger partial charge < -0.3 is 8.83 Å². The van der Waals surface area contributed by atoms with Gasteiger partial charge in [0.15, 0.2) is 11.2 Å². The molecule has 0 unspecified atom stereocenters. The van der Waals surface area contributed by atoms with Crippen molar-refractivity contribution in [1.29, 1.82) is 0 Å². The van der Waals surface area contributed by atoms with Crippen LogP contribution in [0, 0.1) is 0 Å². The van der Waals surface area contributed by atoms with E-state index < -0.39 is 0 Å². The maximum atomic E-state index is 5.91. The van der Waals surface area contributed by atoms with E-state index in [2.05, 4.69) is 15.3 Å². The molecule has 2 heterocycles. The van der Waals surface area contributed by atoms with Crippen LogP contribution in [-0.2, 0) is 0 Å². The number of fused-ring (bicyclic) bond motifs is 2. The summed E-state index contributed by atoms with van der Waals surface area (Å²) in [5.41, 5.74) is 2.80. The third-order valence-corrected chi connectivity index (χ3v) is 3.09. The van der Waals surface area contributed by atoms with E-state index in [9.17, 15) is 0 Å². The molecule has 0 amide bonds. The molecule has 0 spiro atoms. The maximum absolute atomic E-state index is 5.91. The molecular weight excluding hydrogens is 278 g/mol. The zero-order chi connectivity index (χ0) is 13.5. The van der Waals surface area contributed by atoms with Gasteiger partial charge in [0.1, 0.15) is 11.0 Å². The van der Waals surface area contributed by atoms with E-state index in [4.69, 9.17) is 20.4 Å². The summed E-state index contributed by atoms with van der Waals surface area (Å²) in [5, 5.41) is 3.51. The highest BCUT2D eigenvalue weighted by Crippen LogP contribution is 2.25. The zero-order valence-electron chi connectivity index (χ0n) is 10.1. The predicted molar refractivity (Wildman–Crippen MR) is 76.3 cm³/mol. The minimum Gasteiger partial charge on any atom is -0.423 e. The first-order chi connectivity index (χ1) is 9.78. The smallest absolute Gasteiger partial charge is 0.303 e. The maximum Gasteiger partial charge on any atom is 0.303 e. The average molecular weight is 286 g/mol. The monoisotopic (exact) mass is 285 g/mol. The Morgan fingerprint density at radius 2 is 1.55 bits per heavy atom. The van der Waals surface area contributed by atoms with Crippen LogP contribution in [0.4, 0.5) is 12.0 Å². The van der Waals surface area contributed by atoms with Crippen molar-refractivity contribution >= 4 is 45.8 Å². The van der Waals surface area contributed by atoms with Crippen molar-refractivity contribution in [3.63, 3.8) is 0 Å². The van der Waals surface area contributed by atoms with Crippen molar-refractivity contribution in [3.8, 4) is 0 Å². The van der Waals surface area contributed by atoms with Gasteiger partial charge in [0, 0.05) is 5.02 Å². The molecule has 0 saturated heterocycles. The lowest BCUT2D eigenvalue weighted by molar-refractivity contribution is 0.591. The Morgan fingerprint density at radius 1 is 0.850 bits per heavy atom. The quantitative estimate of drug-likeness (QED) is 0.592. The molecule has 0 atom stereocenters. The number of anilines is 2. The SMILES string of the molecule is Clc1ccc2oc(Nc3nc4ccccc4o3)nc2c1. The molecule has 0 bridgehead atoms. The number of nitrogens with zero attached hydrogens (tertiary/aromatic N) is 2. The number of rotatable bonds is 2. The number of para-hydroxylation sites is 2. The van der Waals surface area contributed by atoms with Crippen LogP contribution in [0.5, 0.6) is 0 Å². The summed E-state index contributed by atoms with van der Waals surface area (Å²) in [7, 11) is 0. The second-order valence-corrected chi connectivity index (χ2v) is 4.68. The molecule has 0 aliphatic heterocycles.